The fourth-order valence-corrected chi connectivity index (χ4v) is 2.87. The van der Waals surface area contributed by atoms with Crippen molar-refractivity contribution >= 4 is 17.5 Å². The van der Waals surface area contributed by atoms with Crippen LogP contribution in [0, 0.1) is 11.3 Å². The largest absolute Gasteiger partial charge is 0.484 e. The Morgan fingerprint density at radius 1 is 1.15 bits per heavy atom. The summed E-state index contributed by atoms with van der Waals surface area (Å²) in [5.74, 6) is 1.22. The van der Waals surface area contributed by atoms with Gasteiger partial charge in [0.25, 0.3) is 5.91 Å². The zero-order valence-corrected chi connectivity index (χ0v) is 15.1. The summed E-state index contributed by atoms with van der Waals surface area (Å²) in [5.41, 5.74) is 1.18. The number of hydrogen-bond acceptors (Lipinski definition) is 6. The number of ether oxygens (including phenoxy) is 1. The van der Waals surface area contributed by atoms with Gasteiger partial charge in [-0.3, -0.25) is 9.59 Å². The number of rotatable bonds is 5. The predicted octanol–water partition coefficient (Wildman–Crippen LogP) is 1.88. The number of pyridine rings is 1. The van der Waals surface area contributed by atoms with E-state index in [1.807, 2.05) is 0 Å². The average molecular weight is 364 g/mol. The summed E-state index contributed by atoms with van der Waals surface area (Å²) < 4.78 is 5.53. The normalized spacial score (nSPS) is 13.8. The number of carbonyl (C=O) groups excluding carboxylic acids is 2. The maximum atomic E-state index is 12.4. The first-order valence-electron chi connectivity index (χ1n) is 8.69. The third kappa shape index (κ3) is 4.61. The molecule has 138 valence electrons. The monoisotopic (exact) mass is 364 g/mol. The van der Waals surface area contributed by atoms with Gasteiger partial charge in [0.15, 0.2) is 12.4 Å². The molecule has 1 aliphatic rings. The van der Waals surface area contributed by atoms with Crippen LogP contribution in [0.1, 0.15) is 22.8 Å². The van der Waals surface area contributed by atoms with Gasteiger partial charge >= 0.3 is 0 Å². The lowest BCUT2D eigenvalue weighted by atomic mass is 10.1. The smallest absolute Gasteiger partial charge is 0.260 e. The van der Waals surface area contributed by atoms with Gasteiger partial charge in [0, 0.05) is 37.9 Å². The van der Waals surface area contributed by atoms with Gasteiger partial charge in [-0.1, -0.05) is 0 Å². The van der Waals surface area contributed by atoms with Crippen molar-refractivity contribution in [2.75, 3.05) is 37.7 Å². The SMILES string of the molecule is CC(=O)c1ccc(OCC(=O)N2CCN(c3cc(C#N)ccn3)CC2)cc1. The minimum Gasteiger partial charge on any atom is -0.484 e. The van der Waals surface area contributed by atoms with E-state index in [4.69, 9.17) is 10.00 Å². The van der Waals surface area contributed by atoms with Crippen molar-refractivity contribution in [1.82, 2.24) is 9.88 Å². The van der Waals surface area contributed by atoms with Gasteiger partial charge < -0.3 is 14.5 Å². The third-order valence-electron chi connectivity index (χ3n) is 4.45. The third-order valence-corrected chi connectivity index (χ3v) is 4.45. The summed E-state index contributed by atoms with van der Waals surface area (Å²) in [7, 11) is 0. The van der Waals surface area contributed by atoms with Crippen molar-refractivity contribution in [3.05, 3.63) is 53.7 Å². The number of hydrogen-bond donors (Lipinski definition) is 0. The van der Waals surface area contributed by atoms with Crippen molar-refractivity contribution in [1.29, 1.82) is 5.26 Å². The molecule has 1 fully saturated rings. The molecule has 3 rings (SSSR count). The first kappa shape index (κ1) is 18.4. The number of Topliss-reactive ketones (excluding diaryl/α,β-unsaturated/α-hetero) is 1. The highest BCUT2D eigenvalue weighted by Gasteiger charge is 2.22. The van der Waals surface area contributed by atoms with E-state index in [1.54, 1.807) is 47.5 Å². The predicted molar refractivity (Wildman–Crippen MR) is 99.7 cm³/mol. The molecule has 27 heavy (non-hydrogen) atoms. The van der Waals surface area contributed by atoms with Crippen molar-refractivity contribution in [3.63, 3.8) is 0 Å². The van der Waals surface area contributed by atoms with Gasteiger partial charge in [-0.2, -0.15) is 5.26 Å². The molecule has 0 radical (unpaired) electrons. The molecule has 7 heteroatoms. The van der Waals surface area contributed by atoms with Crippen molar-refractivity contribution in [2.24, 2.45) is 0 Å². The lowest BCUT2D eigenvalue weighted by molar-refractivity contribution is -0.133. The van der Waals surface area contributed by atoms with Gasteiger partial charge in [0.05, 0.1) is 11.6 Å². The number of piperazine rings is 1. The van der Waals surface area contributed by atoms with Crippen LogP contribution in [0.25, 0.3) is 0 Å². The van der Waals surface area contributed by atoms with E-state index in [0.29, 0.717) is 43.1 Å². The molecule has 0 N–H and O–H groups in total. The Bertz CT molecular complexity index is 866. The van der Waals surface area contributed by atoms with Gasteiger partial charge in [-0.25, -0.2) is 4.98 Å². The fourth-order valence-electron chi connectivity index (χ4n) is 2.87. The standard InChI is InChI=1S/C20H20N4O3/c1-15(25)17-2-4-18(5-3-17)27-14-20(26)24-10-8-23(9-11-24)19-12-16(13-21)6-7-22-19/h2-7,12H,8-11,14H2,1H3. The summed E-state index contributed by atoms with van der Waals surface area (Å²) in [5, 5.41) is 8.99. The van der Waals surface area contributed by atoms with Gasteiger partial charge in [-0.15, -0.1) is 0 Å². The van der Waals surface area contributed by atoms with E-state index >= 15 is 0 Å². The van der Waals surface area contributed by atoms with Crippen LogP contribution < -0.4 is 9.64 Å². The zero-order chi connectivity index (χ0) is 19.2. The number of amides is 1. The van der Waals surface area contributed by atoms with E-state index in [-0.39, 0.29) is 18.3 Å². The number of anilines is 1. The molecule has 0 spiro atoms. The Kier molecular flexibility index (Phi) is 5.67. The Balaban J connectivity index is 1.49. The number of nitrogens with zero attached hydrogens (tertiary/aromatic N) is 4. The maximum absolute atomic E-state index is 12.4. The maximum Gasteiger partial charge on any atom is 0.260 e. The zero-order valence-electron chi connectivity index (χ0n) is 15.1. The Morgan fingerprint density at radius 3 is 2.48 bits per heavy atom. The Labute approximate surface area is 157 Å². The highest BCUT2D eigenvalue weighted by Crippen LogP contribution is 2.16. The molecule has 1 aromatic carbocycles. The minimum absolute atomic E-state index is 0.00899. The van der Waals surface area contributed by atoms with Gasteiger partial charge in [-0.05, 0) is 43.3 Å². The molecule has 1 saturated heterocycles. The summed E-state index contributed by atoms with van der Waals surface area (Å²) in [6.07, 6.45) is 1.62. The summed E-state index contributed by atoms with van der Waals surface area (Å²) in [4.78, 5) is 31.7. The van der Waals surface area contributed by atoms with Crippen LogP contribution in [-0.2, 0) is 4.79 Å². The summed E-state index contributed by atoms with van der Waals surface area (Å²) in [6.45, 7) is 3.92. The highest BCUT2D eigenvalue weighted by molar-refractivity contribution is 5.94. The minimum atomic E-state index is -0.0796. The molecular formula is C20H20N4O3. The lowest BCUT2D eigenvalue weighted by Crippen LogP contribution is -2.50. The van der Waals surface area contributed by atoms with Crippen LogP contribution in [0.4, 0.5) is 5.82 Å². The van der Waals surface area contributed by atoms with Crippen LogP contribution in [0.15, 0.2) is 42.6 Å². The number of benzene rings is 1. The second-order valence-corrected chi connectivity index (χ2v) is 6.25. The van der Waals surface area contributed by atoms with Gasteiger partial charge in [0.1, 0.15) is 11.6 Å². The first-order valence-corrected chi connectivity index (χ1v) is 8.69. The number of carbonyl (C=O) groups is 2. The molecule has 7 nitrogen and oxygen atoms in total. The van der Waals surface area contributed by atoms with E-state index in [9.17, 15) is 9.59 Å². The number of aromatic nitrogens is 1. The fraction of sp³-hybridized carbons (Fsp3) is 0.300. The van der Waals surface area contributed by atoms with E-state index in [2.05, 4.69) is 16.0 Å². The molecular weight excluding hydrogens is 344 g/mol. The summed E-state index contributed by atoms with van der Waals surface area (Å²) in [6, 6.07) is 12.3. The molecule has 0 aliphatic carbocycles. The average Bonchev–Trinajstić information content (AvgIpc) is 2.72. The van der Waals surface area contributed by atoms with Crippen molar-refractivity contribution < 1.29 is 14.3 Å². The van der Waals surface area contributed by atoms with Crippen molar-refractivity contribution in [2.45, 2.75) is 6.92 Å². The second kappa shape index (κ2) is 8.32. The Morgan fingerprint density at radius 2 is 1.85 bits per heavy atom. The van der Waals surface area contributed by atoms with E-state index in [0.717, 1.165) is 5.82 Å². The van der Waals surface area contributed by atoms with E-state index < -0.39 is 0 Å². The lowest BCUT2D eigenvalue weighted by Gasteiger charge is -2.35. The first-order chi connectivity index (χ1) is 13.1. The van der Waals surface area contributed by atoms with Gasteiger partial charge in [0.2, 0.25) is 0 Å². The number of nitriles is 1. The van der Waals surface area contributed by atoms with Crippen LogP contribution in [-0.4, -0.2) is 54.4 Å². The van der Waals surface area contributed by atoms with Crippen LogP contribution in [0.3, 0.4) is 0 Å². The Hall–Kier alpha value is -3.40. The van der Waals surface area contributed by atoms with Crippen molar-refractivity contribution in [3.8, 4) is 11.8 Å². The quantitative estimate of drug-likeness (QED) is 0.753. The molecule has 1 aromatic heterocycles. The molecule has 1 amide bonds. The summed E-state index contributed by atoms with van der Waals surface area (Å²) >= 11 is 0. The molecule has 0 unspecified atom stereocenters. The number of ketones is 1. The van der Waals surface area contributed by atoms with Crippen LogP contribution in [0.5, 0.6) is 5.75 Å². The molecule has 1 aliphatic heterocycles. The van der Waals surface area contributed by atoms with Crippen LogP contribution in [0.2, 0.25) is 0 Å². The molecule has 0 atom stereocenters. The topological polar surface area (TPSA) is 86.5 Å². The van der Waals surface area contributed by atoms with Crippen LogP contribution >= 0.6 is 0 Å². The molecule has 0 bridgehead atoms. The highest BCUT2D eigenvalue weighted by atomic mass is 16.5. The molecule has 2 aromatic rings. The second-order valence-electron chi connectivity index (χ2n) is 6.25. The molecule has 2 heterocycles. The van der Waals surface area contributed by atoms with E-state index in [1.165, 1.54) is 6.92 Å². The molecule has 0 saturated carbocycles.